The molecule has 0 saturated carbocycles. The molecule has 208 valence electrons. The summed E-state index contributed by atoms with van der Waals surface area (Å²) in [7, 11) is -1.25. The lowest BCUT2D eigenvalue weighted by Crippen LogP contribution is -2.58. The van der Waals surface area contributed by atoms with Crippen LogP contribution >= 0.6 is 11.3 Å². The van der Waals surface area contributed by atoms with Gasteiger partial charge in [0.2, 0.25) is 10.0 Å². The fourth-order valence-electron chi connectivity index (χ4n) is 5.90. The minimum absolute atomic E-state index is 0.000415. The summed E-state index contributed by atoms with van der Waals surface area (Å²) in [5, 5.41) is 10.5. The molecule has 2 saturated heterocycles. The van der Waals surface area contributed by atoms with Gasteiger partial charge in [-0.15, -0.1) is 0 Å². The molecule has 1 aromatic carbocycles. The number of fused-ring (bicyclic) bond motifs is 1. The van der Waals surface area contributed by atoms with Crippen LogP contribution in [0.15, 0.2) is 36.5 Å². The van der Waals surface area contributed by atoms with E-state index in [1.54, 1.807) is 16.4 Å². The highest BCUT2D eigenvalue weighted by Gasteiger charge is 2.49. The van der Waals surface area contributed by atoms with Gasteiger partial charge in [-0.25, -0.2) is 27.1 Å². The van der Waals surface area contributed by atoms with Crippen LogP contribution in [-0.4, -0.2) is 66.6 Å². The van der Waals surface area contributed by atoms with Crippen molar-refractivity contribution >= 4 is 43.6 Å². The van der Waals surface area contributed by atoms with E-state index in [9.17, 15) is 18.1 Å². The fraction of sp³-hybridized carbons (Fsp3) is 0.393. The number of anilines is 3. The van der Waals surface area contributed by atoms with Gasteiger partial charge in [0.05, 0.1) is 17.6 Å². The van der Waals surface area contributed by atoms with Crippen molar-refractivity contribution in [2.24, 2.45) is 5.41 Å². The summed E-state index contributed by atoms with van der Waals surface area (Å²) in [4.78, 5) is 14.5. The van der Waals surface area contributed by atoms with Crippen molar-refractivity contribution in [3.05, 3.63) is 58.5 Å². The molecule has 0 N–H and O–H groups in total. The van der Waals surface area contributed by atoms with E-state index in [0.29, 0.717) is 40.8 Å². The number of aryl methyl sites for hydroxylation is 2. The van der Waals surface area contributed by atoms with Gasteiger partial charge < -0.3 is 9.80 Å². The number of benzene rings is 1. The molecule has 2 aliphatic heterocycles. The molecule has 0 bridgehead atoms. The van der Waals surface area contributed by atoms with E-state index >= 15 is 0 Å². The monoisotopic (exact) mass is 579 g/mol. The van der Waals surface area contributed by atoms with Crippen molar-refractivity contribution < 1.29 is 12.8 Å². The summed E-state index contributed by atoms with van der Waals surface area (Å²) in [5.41, 5.74) is 5.10. The third-order valence-corrected chi connectivity index (χ3v) is 10.3. The Kier molecular flexibility index (Phi) is 6.36. The Bertz CT molecular complexity index is 1770. The van der Waals surface area contributed by atoms with Gasteiger partial charge in [0.1, 0.15) is 33.9 Å². The Morgan fingerprint density at radius 2 is 1.93 bits per heavy atom. The summed E-state index contributed by atoms with van der Waals surface area (Å²) < 4.78 is 41.3. The minimum atomic E-state index is -3.18. The summed E-state index contributed by atoms with van der Waals surface area (Å²) in [6.07, 6.45) is 4.97. The van der Waals surface area contributed by atoms with Gasteiger partial charge in [0.25, 0.3) is 0 Å². The third kappa shape index (κ3) is 4.42. The summed E-state index contributed by atoms with van der Waals surface area (Å²) in [6, 6.07) is 10.4. The number of sulfonamides is 1. The molecule has 9 nitrogen and oxygen atoms in total. The highest BCUT2D eigenvalue weighted by atomic mass is 32.2. The molecule has 2 fully saturated rings. The van der Waals surface area contributed by atoms with E-state index in [4.69, 9.17) is 9.97 Å². The number of aromatic nitrogens is 3. The molecule has 40 heavy (non-hydrogen) atoms. The predicted octanol–water partition coefficient (Wildman–Crippen LogP) is 4.58. The molecule has 12 heteroatoms. The average Bonchev–Trinajstić information content (AvgIpc) is 3.62. The normalized spacial score (nSPS) is 16.9. The second-order valence-electron chi connectivity index (χ2n) is 10.9. The third-order valence-electron chi connectivity index (χ3n) is 8.00. The second-order valence-corrected chi connectivity index (χ2v) is 13.8. The van der Waals surface area contributed by atoms with Crippen LogP contribution in [0.4, 0.5) is 21.0 Å². The van der Waals surface area contributed by atoms with Crippen molar-refractivity contribution in [2.75, 3.05) is 49.3 Å². The molecule has 4 aromatic rings. The summed E-state index contributed by atoms with van der Waals surface area (Å²) in [6.45, 7) is 6.89. The average molecular weight is 580 g/mol. The van der Waals surface area contributed by atoms with E-state index in [1.165, 1.54) is 29.7 Å². The Morgan fingerprint density at radius 1 is 1.20 bits per heavy atom. The number of nitrogens with zero attached hydrogens (tertiary/aromatic N) is 7. The van der Waals surface area contributed by atoms with Gasteiger partial charge in [-0.05, 0) is 55.7 Å². The number of thiazole rings is 1. The largest absolute Gasteiger partial charge is 0.369 e. The van der Waals surface area contributed by atoms with E-state index in [2.05, 4.69) is 41.5 Å². The number of nitriles is 1. The number of pyridine rings is 1. The predicted molar refractivity (Wildman–Crippen MR) is 155 cm³/mol. The van der Waals surface area contributed by atoms with Gasteiger partial charge in [-0.2, -0.15) is 5.26 Å². The fourth-order valence-corrected chi connectivity index (χ4v) is 7.68. The number of hydrogen-bond donors (Lipinski definition) is 0. The first kappa shape index (κ1) is 26.7. The second kappa shape index (κ2) is 9.54. The molecule has 2 aliphatic rings. The van der Waals surface area contributed by atoms with Crippen molar-refractivity contribution in [3.8, 4) is 17.3 Å². The van der Waals surface area contributed by atoms with Crippen LogP contribution in [-0.2, 0) is 16.4 Å². The van der Waals surface area contributed by atoms with Crippen LogP contribution < -0.4 is 9.80 Å². The number of hydrogen-bond acceptors (Lipinski definition) is 8. The lowest BCUT2D eigenvalue weighted by atomic mass is 9.79. The van der Waals surface area contributed by atoms with E-state index in [0.717, 1.165) is 47.9 Å². The van der Waals surface area contributed by atoms with Crippen molar-refractivity contribution in [3.63, 3.8) is 0 Å². The topological polar surface area (TPSA) is 97.8 Å². The first-order valence-electron chi connectivity index (χ1n) is 13.1. The maximum atomic E-state index is 13.5. The molecule has 0 amide bonds. The van der Waals surface area contributed by atoms with Crippen LogP contribution in [0.25, 0.3) is 16.9 Å². The number of rotatable bonds is 6. The Balaban J connectivity index is 1.35. The first-order chi connectivity index (χ1) is 19.0. The zero-order valence-electron chi connectivity index (χ0n) is 22.8. The minimum Gasteiger partial charge on any atom is -0.369 e. The lowest BCUT2D eigenvalue weighted by Gasteiger charge is -2.49. The van der Waals surface area contributed by atoms with Crippen LogP contribution in [0.3, 0.4) is 0 Å². The molecule has 6 rings (SSSR count). The Morgan fingerprint density at radius 3 is 2.55 bits per heavy atom. The van der Waals surface area contributed by atoms with Crippen molar-refractivity contribution in [2.45, 2.75) is 26.7 Å². The van der Waals surface area contributed by atoms with Crippen molar-refractivity contribution in [1.29, 1.82) is 5.26 Å². The molecule has 1 spiro atoms. The summed E-state index contributed by atoms with van der Waals surface area (Å²) in [5.74, 6) is 0.541. The van der Waals surface area contributed by atoms with Crippen LogP contribution in [0.5, 0.6) is 0 Å². The molecule has 0 atom stereocenters. The first-order valence-corrected chi connectivity index (χ1v) is 15.8. The SMILES string of the molecule is CCc1nc2c(C)cc(N3CC4(CCN(S(C)(=O)=O)C4)C3)cn2c1N(C)c1nc(-c2ccc(F)cc2)c(C#N)s1. The standard InChI is InChI=1S/C28H30FN7O2S2/c1-5-22-26(33(3)27-32-24(23(13-30)39-27)19-6-8-20(29)9-7-19)36-14-21(12-18(2)25(36)31-22)34-15-28(16-34)10-11-35(17-28)40(4,37)38/h6-9,12,14H,5,10-11,15-17H2,1-4H3. The van der Waals surface area contributed by atoms with E-state index < -0.39 is 10.0 Å². The quantitative estimate of drug-likeness (QED) is 0.330. The molecule has 0 unspecified atom stereocenters. The molecular weight excluding hydrogens is 549 g/mol. The van der Waals surface area contributed by atoms with Gasteiger partial charge in [0.15, 0.2) is 5.13 Å². The van der Waals surface area contributed by atoms with Crippen LogP contribution in [0.1, 0.15) is 29.5 Å². The zero-order chi connectivity index (χ0) is 28.4. The molecule has 3 aromatic heterocycles. The van der Waals surface area contributed by atoms with Gasteiger partial charge in [0, 0.05) is 50.4 Å². The van der Waals surface area contributed by atoms with Gasteiger partial charge in [-0.3, -0.25) is 4.40 Å². The smallest absolute Gasteiger partial charge is 0.211 e. The number of halogens is 1. The Hall–Kier alpha value is -3.53. The maximum absolute atomic E-state index is 13.5. The lowest BCUT2D eigenvalue weighted by molar-refractivity contribution is 0.230. The molecule has 5 heterocycles. The van der Waals surface area contributed by atoms with Gasteiger partial charge >= 0.3 is 0 Å². The van der Waals surface area contributed by atoms with Crippen LogP contribution in [0.2, 0.25) is 0 Å². The summed E-state index contributed by atoms with van der Waals surface area (Å²) >= 11 is 1.29. The maximum Gasteiger partial charge on any atom is 0.211 e. The molecule has 0 radical (unpaired) electrons. The molecule has 0 aliphatic carbocycles. The van der Waals surface area contributed by atoms with E-state index in [-0.39, 0.29) is 11.2 Å². The van der Waals surface area contributed by atoms with Crippen molar-refractivity contribution in [1.82, 2.24) is 18.7 Å². The number of imidazole rings is 1. The molecular formula is C28H30FN7O2S2. The Labute approximate surface area is 237 Å². The van der Waals surface area contributed by atoms with Crippen LogP contribution in [0, 0.1) is 29.5 Å². The van der Waals surface area contributed by atoms with Gasteiger partial charge in [-0.1, -0.05) is 18.3 Å². The highest BCUT2D eigenvalue weighted by Crippen LogP contribution is 2.43. The zero-order valence-corrected chi connectivity index (χ0v) is 24.5. The van der Waals surface area contributed by atoms with E-state index in [1.807, 2.05) is 11.9 Å². The highest BCUT2D eigenvalue weighted by molar-refractivity contribution is 7.88.